The summed E-state index contributed by atoms with van der Waals surface area (Å²) in [6, 6.07) is 23.7. The molecular weight excluding hydrogens is 338 g/mol. The van der Waals surface area contributed by atoms with Gasteiger partial charge in [0.1, 0.15) is 12.3 Å². The van der Waals surface area contributed by atoms with E-state index in [0.29, 0.717) is 5.75 Å². The molecule has 0 atom stereocenters. The van der Waals surface area contributed by atoms with E-state index in [0.717, 1.165) is 27.4 Å². The molecule has 0 aliphatic carbocycles. The highest BCUT2D eigenvalue weighted by molar-refractivity contribution is 6.08. The SMILES string of the molecule is COc1ccccc1/C=N/NC(=O)Cn1c2ccccc2c2ccccc21. The first-order chi connectivity index (χ1) is 13.3. The molecule has 4 rings (SSSR count). The number of aromatic nitrogens is 1. The smallest absolute Gasteiger partial charge is 0.260 e. The molecule has 5 heteroatoms. The van der Waals surface area contributed by atoms with Gasteiger partial charge in [0.15, 0.2) is 0 Å². The zero-order valence-electron chi connectivity index (χ0n) is 14.9. The highest BCUT2D eigenvalue weighted by Crippen LogP contribution is 2.28. The van der Waals surface area contributed by atoms with Crippen LogP contribution in [0.25, 0.3) is 21.8 Å². The van der Waals surface area contributed by atoms with Crippen molar-refractivity contribution in [2.75, 3.05) is 7.11 Å². The van der Waals surface area contributed by atoms with E-state index < -0.39 is 0 Å². The molecule has 1 amide bonds. The normalized spacial score (nSPS) is 11.3. The maximum absolute atomic E-state index is 12.5. The molecule has 27 heavy (non-hydrogen) atoms. The molecule has 0 radical (unpaired) electrons. The average Bonchev–Trinajstić information content (AvgIpc) is 3.02. The van der Waals surface area contributed by atoms with E-state index in [4.69, 9.17) is 4.74 Å². The predicted molar refractivity (Wildman–Crippen MR) is 108 cm³/mol. The third-order valence-electron chi connectivity index (χ3n) is 4.51. The molecule has 3 aromatic carbocycles. The molecule has 0 unspecified atom stereocenters. The lowest BCUT2D eigenvalue weighted by Gasteiger charge is -2.06. The Kier molecular flexibility index (Phi) is 4.58. The van der Waals surface area contributed by atoms with Gasteiger partial charge < -0.3 is 9.30 Å². The fourth-order valence-electron chi connectivity index (χ4n) is 3.30. The molecule has 0 aliphatic heterocycles. The Morgan fingerprint density at radius 3 is 2.22 bits per heavy atom. The topological polar surface area (TPSA) is 55.6 Å². The number of para-hydroxylation sites is 3. The van der Waals surface area contributed by atoms with Crippen molar-refractivity contribution < 1.29 is 9.53 Å². The number of benzene rings is 3. The number of carbonyl (C=O) groups is 1. The molecule has 1 N–H and O–H groups in total. The monoisotopic (exact) mass is 357 g/mol. The van der Waals surface area contributed by atoms with Crippen molar-refractivity contribution in [1.29, 1.82) is 0 Å². The third kappa shape index (κ3) is 3.27. The lowest BCUT2D eigenvalue weighted by molar-refractivity contribution is -0.121. The van der Waals surface area contributed by atoms with Gasteiger partial charge in [-0.15, -0.1) is 0 Å². The molecule has 0 saturated carbocycles. The number of amides is 1. The summed E-state index contributed by atoms with van der Waals surface area (Å²) in [7, 11) is 1.60. The minimum atomic E-state index is -0.187. The quantitative estimate of drug-likeness (QED) is 0.434. The molecule has 1 heterocycles. The summed E-state index contributed by atoms with van der Waals surface area (Å²) < 4.78 is 7.29. The number of hydrogen-bond donors (Lipinski definition) is 1. The highest BCUT2D eigenvalue weighted by atomic mass is 16.5. The lowest BCUT2D eigenvalue weighted by Crippen LogP contribution is -2.23. The summed E-state index contributed by atoms with van der Waals surface area (Å²) in [5, 5.41) is 6.35. The van der Waals surface area contributed by atoms with Crippen molar-refractivity contribution in [2.24, 2.45) is 5.10 Å². The fraction of sp³-hybridized carbons (Fsp3) is 0.0909. The standard InChI is InChI=1S/C22H19N3O2/c1-27-21-13-7-2-8-16(21)14-23-24-22(26)15-25-19-11-5-3-9-17(19)18-10-4-6-12-20(18)25/h2-14H,15H2,1H3,(H,24,26)/b23-14+. The van der Waals surface area contributed by atoms with Crippen molar-refractivity contribution >= 4 is 33.9 Å². The molecule has 4 aromatic rings. The fourth-order valence-corrected chi connectivity index (χ4v) is 3.30. The van der Waals surface area contributed by atoms with Crippen molar-refractivity contribution in [3.05, 3.63) is 78.4 Å². The van der Waals surface area contributed by atoms with E-state index in [1.165, 1.54) is 0 Å². The number of fused-ring (bicyclic) bond motifs is 3. The van der Waals surface area contributed by atoms with Gasteiger partial charge >= 0.3 is 0 Å². The van der Waals surface area contributed by atoms with Gasteiger partial charge in [-0.1, -0.05) is 48.5 Å². The summed E-state index contributed by atoms with van der Waals surface area (Å²) in [5.41, 5.74) is 5.47. The zero-order chi connectivity index (χ0) is 18.6. The van der Waals surface area contributed by atoms with Crippen LogP contribution >= 0.6 is 0 Å². The van der Waals surface area contributed by atoms with E-state index in [-0.39, 0.29) is 12.5 Å². The Labute approximate surface area is 156 Å². The Hall–Kier alpha value is -3.60. The second-order valence-electron chi connectivity index (χ2n) is 6.16. The summed E-state index contributed by atoms with van der Waals surface area (Å²) >= 11 is 0. The zero-order valence-corrected chi connectivity index (χ0v) is 14.9. The molecule has 134 valence electrons. The van der Waals surface area contributed by atoms with Crippen LogP contribution in [0.1, 0.15) is 5.56 Å². The highest BCUT2D eigenvalue weighted by Gasteiger charge is 2.12. The van der Waals surface area contributed by atoms with Gasteiger partial charge in [0.05, 0.1) is 13.3 Å². The van der Waals surface area contributed by atoms with Gasteiger partial charge in [-0.05, 0) is 24.3 Å². The van der Waals surface area contributed by atoms with Crippen LogP contribution in [0.3, 0.4) is 0 Å². The molecule has 1 aromatic heterocycles. The number of hydrogen-bond acceptors (Lipinski definition) is 3. The van der Waals surface area contributed by atoms with Crippen molar-refractivity contribution in [3.8, 4) is 5.75 Å². The van der Waals surface area contributed by atoms with Crippen LogP contribution < -0.4 is 10.2 Å². The molecular formula is C22H19N3O2. The van der Waals surface area contributed by atoms with Gasteiger partial charge in [-0.25, -0.2) is 5.43 Å². The Bertz CT molecular complexity index is 1090. The number of ether oxygens (including phenoxy) is 1. The van der Waals surface area contributed by atoms with Gasteiger partial charge in [0.25, 0.3) is 5.91 Å². The number of methoxy groups -OCH3 is 1. The van der Waals surface area contributed by atoms with E-state index in [2.05, 4.69) is 22.7 Å². The van der Waals surface area contributed by atoms with E-state index >= 15 is 0 Å². The molecule has 0 saturated heterocycles. The van der Waals surface area contributed by atoms with Crippen LogP contribution in [-0.2, 0) is 11.3 Å². The molecule has 0 aliphatic rings. The Morgan fingerprint density at radius 1 is 0.963 bits per heavy atom. The van der Waals surface area contributed by atoms with Crippen LogP contribution in [-0.4, -0.2) is 23.8 Å². The van der Waals surface area contributed by atoms with E-state index in [1.54, 1.807) is 13.3 Å². The Balaban J connectivity index is 1.57. The van der Waals surface area contributed by atoms with E-state index in [1.807, 2.05) is 65.2 Å². The predicted octanol–water partition coefficient (Wildman–Crippen LogP) is 3.95. The molecule has 0 bridgehead atoms. The van der Waals surface area contributed by atoms with Crippen molar-refractivity contribution in [3.63, 3.8) is 0 Å². The molecule has 5 nitrogen and oxygen atoms in total. The lowest BCUT2D eigenvalue weighted by atomic mass is 10.2. The van der Waals surface area contributed by atoms with Gasteiger partial charge in [0, 0.05) is 27.4 Å². The first kappa shape index (κ1) is 16.8. The van der Waals surface area contributed by atoms with E-state index in [9.17, 15) is 4.79 Å². The minimum Gasteiger partial charge on any atom is -0.496 e. The van der Waals surface area contributed by atoms with Crippen LogP contribution in [0.15, 0.2) is 77.9 Å². The van der Waals surface area contributed by atoms with Gasteiger partial charge in [-0.3, -0.25) is 4.79 Å². The molecule has 0 spiro atoms. The maximum Gasteiger partial charge on any atom is 0.260 e. The van der Waals surface area contributed by atoms with Gasteiger partial charge in [0.2, 0.25) is 0 Å². The third-order valence-corrected chi connectivity index (χ3v) is 4.51. The van der Waals surface area contributed by atoms with Crippen molar-refractivity contribution in [2.45, 2.75) is 6.54 Å². The summed E-state index contributed by atoms with van der Waals surface area (Å²) in [4.78, 5) is 12.5. The second kappa shape index (κ2) is 7.33. The van der Waals surface area contributed by atoms with Crippen LogP contribution in [0, 0.1) is 0 Å². The first-order valence-electron chi connectivity index (χ1n) is 8.69. The number of nitrogens with one attached hydrogen (secondary N) is 1. The summed E-state index contributed by atoms with van der Waals surface area (Å²) in [5.74, 6) is 0.519. The summed E-state index contributed by atoms with van der Waals surface area (Å²) in [6.45, 7) is 0.192. The summed E-state index contributed by atoms with van der Waals surface area (Å²) in [6.07, 6.45) is 1.59. The number of rotatable bonds is 5. The van der Waals surface area contributed by atoms with Crippen LogP contribution in [0.4, 0.5) is 0 Å². The minimum absolute atomic E-state index is 0.187. The second-order valence-corrected chi connectivity index (χ2v) is 6.16. The molecule has 0 fully saturated rings. The van der Waals surface area contributed by atoms with Crippen molar-refractivity contribution in [1.82, 2.24) is 9.99 Å². The Morgan fingerprint density at radius 2 is 1.56 bits per heavy atom. The largest absolute Gasteiger partial charge is 0.496 e. The van der Waals surface area contributed by atoms with Gasteiger partial charge in [-0.2, -0.15) is 5.10 Å². The first-order valence-corrected chi connectivity index (χ1v) is 8.69. The number of nitrogens with zero attached hydrogens (tertiary/aromatic N) is 2. The number of hydrazone groups is 1. The maximum atomic E-state index is 12.5. The van der Waals surface area contributed by atoms with Crippen LogP contribution in [0.2, 0.25) is 0 Å². The number of carbonyl (C=O) groups excluding carboxylic acids is 1. The van der Waals surface area contributed by atoms with Crippen LogP contribution in [0.5, 0.6) is 5.75 Å². The average molecular weight is 357 g/mol.